The number of nitrogens with zero attached hydrogens (tertiary/aromatic N) is 1. The lowest BCUT2D eigenvalue weighted by molar-refractivity contribution is -0.385. The molecule has 0 spiro atoms. The summed E-state index contributed by atoms with van der Waals surface area (Å²) in [5.74, 6) is 0. The van der Waals surface area contributed by atoms with Crippen LogP contribution in [0.4, 0.5) is 11.4 Å². The van der Waals surface area contributed by atoms with Crippen molar-refractivity contribution < 1.29 is 4.92 Å². The van der Waals surface area contributed by atoms with Gasteiger partial charge >= 0.3 is 0 Å². The van der Waals surface area contributed by atoms with Crippen LogP contribution in [0.5, 0.6) is 0 Å². The smallest absolute Gasteiger partial charge is 0.273 e. The first-order chi connectivity index (χ1) is 9.31. The summed E-state index contributed by atoms with van der Waals surface area (Å²) in [6.45, 7) is 3.70. The topological polar surface area (TPSA) is 69.2 Å². The third kappa shape index (κ3) is 4.94. The quantitative estimate of drug-likeness (QED) is 0.415. The van der Waals surface area contributed by atoms with Gasteiger partial charge in [-0.15, -0.1) is 0 Å². The summed E-state index contributed by atoms with van der Waals surface area (Å²) in [7, 11) is 0. The second-order valence-corrected chi connectivity index (χ2v) is 6.02. The van der Waals surface area contributed by atoms with Gasteiger partial charge in [-0.1, -0.05) is 44.0 Å². The predicted octanol–water partition coefficient (Wildman–Crippen LogP) is 5.01. The molecule has 2 N–H and O–H groups in total. The van der Waals surface area contributed by atoms with Crippen molar-refractivity contribution >= 4 is 43.2 Å². The van der Waals surface area contributed by atoms with E-state index >= 15 is 0 Å². The van der Waals surface area contributed by atoms with Crippen LogP contribution in [0.15, 0.2) is 45.3 Å². The number of nitrogen functional groups attached to an aromatic ring is 1. The lowest BCUT2D eigenvalue weighted by Gasteiger charge is -1.97. The highest BCUT2D eigenvalue weighted by Gasteiger charge is 2.08. The second kappa shape index (κ2) is 7.40. The van der Waals surface area contributed by atoms with E-state index in [0.29, 0.717) is 5.56 Å². The van der Waals surface area contributed by atoms with Gasteiger partial charge in [-0.3, -0.25) is 10.1 Å². The first-order valence-electron chi connectivity index (χ1n) is 5.73. The van der Waals surface area contributed by atoms with Gasteiger partial charge in [0, 0.05) is 26.3 Å². The van der Waals surface area contributed by atoms with Gasteiger partial charge in [0.2, 0.25) is 0 Å². The number of nitro groups is 1. The number of aryl methyl sites for hydroxylation is 2. The molecule has 6 heteroatoms. The Bertz CT molecular complexity index is 631. The Balaban J connectivity index is 0.000000204. The maximum absolute atomic E-state index is 10.4. The lowest BCUT2D eigenvalue weighted by Crippen LogP contribution is -1.90. The number of nitro benzene ring substituents is 1. The molecule has 0 aliphatic heterocycles. The summed E-state index contributed by atoms with van der Waals surface area (Å²) >= 11 is 6.48. The molecule has 0 saturated heterocycles. The van der Waals surface area contributed by atoms with E-state index < -0.39 is 0 Å². The minimum Gasteiger partial charge on any atom is -0.398 e. The van der Waals surface area contributed by atoms with Crippen molar-refractivity contribution in [3.05, 3.63) is 66.6 Å². The zero-order chi connectivity index (χ0) is 15.3. The molecule has 0 aliphatic carbocycles. The van der Waals surface area contributed by atoms with Crippen molar-refractivity contribution in [1.82, 2.24) is 0 Å². The molecule has 4 nitrogen and oxygen atoms in total. The highest BCUT2D eigenvalue weighted by Crippen LogP contribution is 2.22. The Morgan fingerprint density at radius 1 is 1.00 bits per heavy atom. The number of anilines is 1. The molecular weight excluding hydrogens is 388 g/mol. The summed E-state index contributed by atoms with van der Waals surface area (Å²) in [6, 6.07) is 10.8. The van der Waals surface area contributed by atoms with Crippen LogP contribution in [0.3, 0.4) is 0 Å². The zero-order valence-electron chi connectivity index (χ0n) is 11.1. The first kappa shape index (κ1) is 16.7. The summed E-state index contributed by atoms with van der Waals surface area (Å²) in [4.78, 5) is 9.97. The van der Waals surface area contributed by atoms with Gasteiger partial charge in [0.25, 0.3) is 5.69 Å². The van der Waals surface area contributed by atoms with Gasteiger partial charge < -0.3 is 5.73 Å². The van der Waals surface area contributed by atoms with Crippen LogP contribution >= 0.6 is 31.9 Å². The van der Waals surface area contributed by atoms with Crippen LogP contribution in [0.25, 0.3) is 0 Å². The number of rotatable bonds is 1. The fraction of sp³-hybridized carbons (Fsp3) is 0.143. The highest BCUT2D eigenvalue weighted by molar-refractivity contribution is 9.10. The highest BCUT2D eigenvalue weighted by atomic mass is 79.9. The maximum Gasteiger partial charge on any atom is 0.273 e. The number of nitrogens with two attached hydrogens (primary N) is 1. The number of hydrogen-bond donors (Lipinski definition) is 1. The fourth-order valence-electron chi connectivity index (χ4n) is 1.39. The average molecular weight is 402 g/mol. The monoisotopic (exact) mass is 400 g/mol. The van der Waals surface area contributed by atoms with Gasteiger partial charge in [0.05, 0.1) is 4.92 Å². The van der Waals surface area contributed by atoms with E-state index in [-0.39, 0.29) is 10.6 Å². The third-order valence-corrected chi connectivity index (χ3v) is 3.60. The minimum atomic E-state index is -0.389. The van der Waals surface area contributed by atoms with Gasteiger partial charge in [0.1, 0.15) is 0 Å². The van der Waals surface area contributed by atoms with E-state index in [0.717, 1.165) is 20.2 Å². The summed E-state index contributed by atoms with van der Waals surface area (Å²) in [5.41, 5.74) is 8.38. The van der Waals surface area contributed by atoms with Gasteiger partial charge in [0.15, 0.2) is 0 Å². The average Bonchev–Trinajstić information content (AvgIpc) is 2.38. The van der Waals surface area contributed by atoms with Crippen LogP contribution in [-0.2, 0) is 0 Å². The number of halogens is 2. The summed E-state index contributed by atoms with van der Waals surface area (Å²) in [5, 5.41) is 10.4. The minimum absolute atomic E-state index is 0.152. The van der Waals surface area contributed by atoms with Crippen molar-refractivity contribution in [2.24, 2.45) is 0 Å². The fourth-order valence-corrected chi connectivity index (χ4v) is 2.12. The number of benzene rings is 2. The zero-order valence-corrected chi connectivity index (χ0v) is 14.2. The SMILES string of the molecule is Cc1ccc(Br)cc1N.Cc1ccc(Br)cc1[N+](=O)[O-]. The van der Waals surface area contributed by atoms with Crippen LogP contribution in [0, 0.1) is 24.0 Å². The van der Waals surface area contributed by atoms with Crippen LogP contribution in [0.2, 0.25) is 0 Å². The molecule has 0 radical (unpaired) electrons. The van der Waals surface area contributed by atoms with Gasteiger partial charge in [-0.25, -0.2) is 0 Å². The van der Waals surface area contributed by atoms with Gasteiger partial charge in [-0.2, -0.15) is 0 Å². The molecule has 0 amide bonds. The molecule has 0 atom stereocenters. The normalized spacial score (nSPS) is 9.60. The van der Waals surface area contributed by atoms with Gasteiger partial charge in [-0.05, 0) is 37.6 Å². The van der Waals surface area contributed by atoms with Crippen molar-refractivity contribution in [1.29, 1.82) is 0 Å². The second-order valence-electron chi connectivity index (χ2n) is 4.19. The lowest BCUT2D eigenvalue weighted by atomic mass is 10.2. The molecule has 2 aromatic carbocycles. The molecule has 106 valence electrons. The van der Waals surface area contributed by atoms with E-state index in [4.69, 9.17) is 5.73 Å². The van der Waals surface area contributed by atoms with Crippen molar-refractivity contribution in [3.8, 4) is 0 Å². The molecule has 0 saturated carbocycles. The Labute approximate surface area is 134 Å². The van der Waals surface area contributed by atoms with E-state index in [1.165, 1.54) is 6.07 Å². The van der Waals surface area contributed by atoms with E-state index in [1.807, 2.05) is 25.1 Å². The molecule has 2 rings (SSSR count). The molecule has 20 heavy (non-hydrogen) atoms. The predicted molar refractivity (Wildman–Crippen MR) is 88.8 cm³/mol. The molecule has 0 aromatic heterocycles. The van der Waals surface area contributed by atoms with Crippen molar-refractivity contribution in [2.75, 3.05) is 5.73 Å². The third-order valence-electron chi connectivity index (χ3n) is 2.61. The first-order valence-corrected chi connectivity index (χ1v) is 7.32. The van der Waals surface area contributed by atoms with E-state index in [1.54, 1.807) is 19.1 Å². The Morgan fingerprint density at radius 3 is 1.90 bits per heavy atom. The maximum atomic E-state index is 10.4. The largest absolute Gasteiger partial charge is 0.398 e. The standard InChI is InChI=1S/C7H6BrNO2.C7H8BrN/c1-5-2-3-6(8)4-7(5)9(10)11;1-5-2-3-6(8)4-7(5)9/h2-4H,1H3;2-4H,9H2,1H3. The molecule has 0 fully saturated rings. The van der Waals surface area contributed by atoms with Crippen LogP contribution in [0.1, 0.15) is 11.1 Å². The molecule has 0 heterocycles. The van der Waals surface area contributed by atoms with E-state index in [9.17, 15) is 10.1 Å². The summed E-state index contributed by atoms with van der Waals surface area (Å²) < 4.78 is 1.76. The number of hydrogen-bond acceptors (Lipinski definition) is 3. The molecule has 0 aliphatic rings. The van der Waals surface area contributed by atoms with E-state index in [2.05, 4.69) is 31.9 Å². The van der Waals surface area contributed by atoms with Crippen molar-refractivity contribution in [3.63, 3.8) is 0 Å². The van der Waals surface area contributed by atoms with Crippen LogP contribution < -0.4 is 5.73 Å². The molecule has 0 unspecified atom stereocenters. The molecular formula is C14H14Br2N2O2. The Morgan fingerprint density at radius 2 is 1.50 bits per heavy atom. The molecule has 2 aromatic rings. The van der Waals surface area contributed by atoms with Crippen molar-refractivity contribution in [2.45, 2.75) is 13.8 Å². The Hall–Kier alpha value is -1.40. The Kier molecular flexibility index (Phi) is 6.16. The summed E-state index contributed by atoms with van der Waals surface area (Å²) in [6.07, 6.45) is 0. The van der Waals surface area contributed by atoms with Crippen LogP contribution in [-0.4, -0.2) is 4.92 Å². The molecule has 0 bridgehead atoms.